The second-order valence-electron chi connectivity index (χ2n) is 19.2. The fourth-order valence-electron chi connectivity index (χ4n) is 8.18. The minimum Gasteiger partial charge on any atom is -0.462 e. The Balaban J connectivity index is 4.46. The van der Waals surface area contributed by atoms with Crippen molar-refractivity contribution in [2.75, 3.05) is 13.2 Å². The molecule has 0 spiro atoms. The van der Waals surface area contributed by atoms with Crippen LogP contribution in [0, 0.1) is 0 Å². The number of rotatable bonds is 52. The van der Waals surface area contributed by atoms with Gasteiger partial charge >= 0.3 is 17.9 Å². The van der Waals surface area contributed by atoms with Crippen molar-refractivity contribution in [2.24, 2.45) is 0 Å². The molecule has 0 amide bonds. The normalized spacial score (nSPS) is 12.6. The van der Waals surface area contributed by atoms with Crippen molar-refractivity contribution in [1.82, 2.24) is 0 Å². The van der Waals surface area contributed by atoms with Gasteiger partial charge in [0.1, 0.15) is 13.2 Å². The van der Waals surface area contributed by atoms with E-state index >= 15 is 0 Å². The van der Waals surface area contributed by atoms with Crippen molar-refractivity contribution in [3.8, 4) is 0 Å². The summed E-state index contributed by atoms with van der Waals surface area (Å²) >= 11 is 0. The van der Waals surface area contributed by atoms with Crippen LogP contribution in [-0.2, 0) is 28.6 Å². The number of hydrogen-bond acceptors (Lipinski definition) is 6. The molecule has 0 N–H and O–H groups in total. The Kier molecular flexibility index (Phi) is 53.8. The van der Waals surface area contributed by atoms with Crippen LogP contribution in [0.3, 0.4) is 0 Å². The largest absolute Gasteiger partial charge is 0.462 e. The summed E-state index contributed by atoms with van der Waals surface area (Å²) in [6.45, 7) is 6.49. The monoisotopic (exact) mass is 949 g/mol. The molecule has 0 saturated heterocycles. The number of hydrogen-bond donors (Lipinski definition) is 0. The Morgan fingerprint density at radius 1 is 0.309 bits per heavy atom. The summed E-state index contributed by atoms with van der Waals surface area (Å²) in [5.74, 6) is -0.970. The fourth-order valence-corrected chi connectivity index (χ4v) is 8.18. The Morgan fingerprint density at radius 3 is 0.897 bits per heavy atom. The maximum Gasteiger partial charge on any atom is 0.306 e. The quantitative estimate of drug-likeness (QED) is 0.0262. The highest BCUT2D eigenvalue weighted by atomic mass is 16.6. The second kappa shape index (κ2) is 56.4. The van der Waals surface area contributed by atoms with Crippen molar-refractivity contribution in [3.63, 3.8) is 0 Å². The molecule has 0 radical (unpaired) electrons. The lowest BCUT2D eigenvalue weighted by molar-refractivity contribution is -0.166. The van der Waals surface area contributed by atoms with Crippen LogP contribution >= 0.6 is 0 Å². The molecule has 68 heavy (non-hydrogen) atoms. The minimum absolute atomic E-state index is 0.0945. The molecule has 0 aromatic carbocycles. The molecule has 0 saturated carbocycles. The van der Waals surface area contributed by atoms with Gasteiger partial charge in [-0.1, -0.05) is 280 Å². The van der Waals surface area contributed by atoms with Crippen molar-refractivity contribution in [1.29, 1.82) is 0 Å². The molecule has 6 heteroatoms. The molecule has 0 aliphatic rings. The Hall–Kier alpha value is -3.15. The van der Waals surface area contributed by atoms with E-state index in [1.165, 1.54) is 161 Å². The van der Waals surface area contributed by atoms with E-state index in [1.54, 1.807) is 0 Å². The van der Waals surface area contributed by atoms with Gasteiger partial charge < -0.3 is 14.2 Å². The van der Waals surface area contributed by atoms with E-state index in [9.17, 15) is 14.4 Å². The molecule has 0 bridgehead atoms. The van der Waals surface area contributed by atoms with Gasteiger partial charge in [0.15, 0.2) is 6.10 Å². The van der Waals surface area contributed by atoms with Crippen LogP contribution in [0.2, 0.25) is 0 Å². The number of ether oxygens (including phenoxy) is 3. The van der Waals surface area contributed by atoms with E-state index in [0.717, 1.165) is 77.0 Å². The van der Waals surface area contributed by atoms with Crippen molar-refractivity contribution in [2.45, 2.75) is 290 Å². The molecule has 0 unspecified atom stereocenters. The summed E-state index contributed by atoms with van der Waals surface area (Å²) in [6, 6.07) is 0. The first-order chi connectivity index (χ1) is 33.5. The van der Waals surface area contributed by atoms with Gasteiger partial charge in [0.05, 0.1) is 0 Å². The summed E-state index contributed by atoms with van der Waals surface area (Å²) in [4.78, 5) is 38.1. The minimum atomic E-state index is -0.802. The zero-order chi connectivity index (χ0) is 49.3. The lowest BCUT2D eigenvalue weighted by Crippen LogP contribution is -2.30. The molecule has 0 aliphatic heterocycles. The summed E-state index contributed by atoms with van der Waals surface area (Å²) in [6.07, 6.45) is 71.9. The number of unbranched alkanes of at least 4 members (excludes halogenated alkanes) is 29. The average molecular weight is 950 g/mol. The third-order valence-corrected chi connectivity index (χ3v) is 12.5. The van der Waals surface area contributed by atoms with E-state index in [2.05, 4.69) is 87.6 Å². The number of carbonyl (C=O) groups excluding carboxylic acids is 3. The first-order valence-electron chi connectivity index (χ1n) is 28.9. The van der Waals surface area contributed by atoms with Gasteiger partial charge in [-0.05, 0) is 57.8 Å². The Bertz CT molecular complexity index is 1270. The summed E-state index contributed by atoms with van der Waals surface area (Å²) in [7, 11) is 0. The maximum atomic E-state index is 12.9. The lowest BCUT2D eigenvalue weighted by atomic mass is 10.0. The predicted octanol–water partition coefficient (Wildman–Crippen LogP) is 19.4. The molecule has 0 aliphatic carbocycles. The standard InChI is InChI=1S/C62H108O6/c1-4-7-10-13-16-19-22-25-28-30-31-32-35-37-40-43-46-49-52-55-61(64)67-58-59(57-66-60(63)54-51-48-45-42-39-36-33-27-24-21-18-15-12-9-6-3)68-62(65)56-53-50-47-44-41-38-34-29-26-23-20-17-14-11-8-5-2/h7,10,16,19,25,28,31-32,37,40,46,49,59H,4-6,8-9,11-15,17-18,20-24,26-27,29-30,33-36,38-39,41-45,47-48,50-58H2,1-3H3/b10-7-,19-16-,28-25-,32-31-,40-37-,49-46-/t59-/m1/s1. The number of allylic oxidation sites excluding steroid dienone is 12. The van der Waals surface area contributed by atoms with E-state index in [4.69, 9.17) is 14.2 Å². The second-order valence-corrected chi connectivity index (χ2v) is 19.2. The summed E-state index contributed by atoms with van der Waals surface area (Å²) in [5.41, 5.74) is 0. The lowest BCUT2D eigenvalue weighted by Gasteiger charge is -2.18. The van der Waals surface area contributed by atoms with Crippen LogP contribution in [0.4, 0.5) is 0 Å². The van der Waals surface area contributed by atoms with E-state index < -0.39 is 6.10 Å². The predicted molar refractivity (Wildman–Crippen MR) is 293 cm³/mol. The van der Waals surface area contributed by atoms with E-state index in [1.807, 2.05) is 6.08 Å². The van der Waals surface area contributed by atoms with Gasteiger partial charge in [-0.2, -0.15) is 0 Å². The van der Waals surface area contributed by atoms with Crippen LogP contribution in [0.25, 0.3) is 0 Å². The van der Waals surface area contributed by atoms with Gasteiger partial charge in [-0.15, -0.1) is 0 Å². The Labute approximate surface area is 421 Å². The highest BCUT2D eigenvalue weighted by Crippen LogP contribution is 2.16. The molecular formula is C62H108O6. The van der Waals surface area contributed by atoms with Gasteiger partial charge in [-0.3, -0.25) is 14.4 Å². The van der Waals surface area contributed by atoms with E-state index in [0.29, 0.717) is 19.3 Å². The van der Waals surface area contributed by atoms with Crippen LogP contribution in [0.5, 0.6) is 0 Å². The molecular weight excluding hydrogens is 841 g/mol. The van der Waals surface area contributed by atoms with E-state index in [-0.39, 0.29) is 37.5 Å². The first kappa shape index (κ1) is 64.8. The molecule has 0 aromatic rings. The van der Waals surface area contributed by atoms with Crippen molar-refractivity contribution in [3.05, 3.63) is 72.9 Å². The topological polar surface area (TPSA) is 78.9 Å². The number of carbonyl (C=O) groups is 3. The fraction of sp³-hybridized carbons (Fsp3) is 0.758. The highest BCUT2D eigenvalue weighted by Gasteiger charge is 2.19. The smallest absolute Gasteiger partial charge is 0.306 e. The van der Waals surface area contributed by atoms with Crippen LogP contribution in [-0.4, -0.2) is 37.2 Å². The molecule has 1 atom stereocenters. The molecule has 0 fully saturated rings. The highest BCUT2D eigenvalue weighted by molar-refractivity contribution is 5.71. The van der Waals surface area contributed by atoms with Gasteiger partial charge in [0.2, 0.25) is 0 Å². The zero-order valence-corrected chi connectivity index (χ0v) is 44.9. The molecule has 0 aromatic heterocycles. The molecule has 0 heterocycles. The van der Waals surface area contributed by atoms with Crippen LogP contribution in [0.1, 0.15) is 284 Å². The third-order valence-electron chi connectivity index (χ3n) is 12.5. The molecule has 6 nitrogen and oxygen atoms in total. The molecule has 392 valence electrons. The molecule has 0 rings (SSSR count). The van der Waals surface area contributed by atoms with Crippen LogP contribution < -0.4 is 0 Å². The zero-order valence-electron chi connectivity index (χ0n) is 44.9. The summed E-state index contributed by atoms with van der Waals surface area (Å²) in [5, 5.41) is 0. The average Bonchev–Trinajstić information content (AvgIpc) is 3.34. The first-order valence-corrected chi connectivity index (χ1v) is 28.9. The Morgan fingerprint density at radius 2 is 0.574 bits per heavy atom. The van der Waals surface area contributed by atoms with Gasteiger partial charge in [-0.25, -0.2) is 0 Å². The van der Waals surface area contributed by atoms with Gasteiger partial charge in [0, 0.05) is 19.3 Å². The van der Waals surface area contributed by atoms with Crippen LogP contribution in [0.15, 0.2) is 72.9 Å². The maximum absolute atomic E-state index is 12.9. The number of esters is 3. The van der Waals surface area contributed by atoms with Gasteiger partial charge in [0.25, 0.3) is 0 Å². The summed E-state index contributed by atoms with van der Waals surface area (Å²) < 4.78 is 16.8. The van der Waals surface area contributed by atoms with Crippen molar-refractivity contribution < 1.29 is 28.6 Å². The van der Waals surface area contributed by atoms with Crippen molar-refractivity contribution >= 4 is 17.9 Å². The SMILES string of the molecule is CC/C=C\C/C=C\C/C=C\C/C=C\C/C=C\C/C=C\CCC(=O)OC[C@@H](COC(=O)CCCCCCCCCCCCCCCCC)OC(=O)CCCCCCCCCCCCCCCCCC. The third kappa shape index (κ3) is 53.8.